The molecule has 0 aliphatic carbocycles. The summed E-state index contributed by atoms with van der Waals surface area (Å²) in [6, 6.07) is 9.93. The molecule has 1 aromatic heterocycles. The second kappa shape index (κ2) is 12.8. The summed E-state index contributed by atoms with van der Waals surface area (Å²) in [6.07, 6.45) is 6.25. The van der Waals surface area contributed by atoms with E-state index in [2.05, 4.69) is 24.3 Å². The van der Waals surface area contributed by atoms with E-state index in [1.807, 2.05) is 41.0 Å². The van der Waals surface area contributed by atoms with E-state index in [0.717, 1.165) is 30.7 Å². The van der Waals surface area contributed by atoms with Gasteiger partial charge in [0.15, 0.2) is 0 Å². The molecule has 0 saturated carbocycles. The van der Waals surface area contributed by atoms with Crippen molar-refractivity contribution in [2.45, 2.75) is 38.8 Å². The average molecular weight is 471 g/mol. The predicted molar refractivity (Wildman–Crippen MR) is 132 cm³/mol. The second-order valence-electron chi connectivity index (χ2n) is 8.34. The minimum Gasteiger partial charge on any atom is -0.491 e. The summed E-state index contributed by atoms with van der Waals surface area (Å²) >= 11 is 1.74. The molecule has 1 N–H and O–H groups in total. The van der Waals surface area contributed by atoms with Gasteiger partial charge in [0.2, 0.25) is 5.91 Å². The van der Waals surface area contributed by atoms with Crippen molar-refractivity contribution < 1.29 is 19.4 Å². The molecule has 2 atom stereocenters. The monoisotopic (exact) mass is 470 g/mol. The van der Waals surface area contributed by atoms with Crippen molar-refractivity contribution in [1.82, 2.24) is 9.80 Å². The highest BCUT2D eigenvalue weighted by Gasteiger charge is 2.33. The topological polar surface area (TPSA) is 62.2 Å². The largest absolute Gasteiger partial charge is 0.491 e. The zero-order chi connectivity index (χ0) is 23.6. The number of hydrogen-bond donors (Lipinski definition) is 1. The van der Waals surface area contributed by atoms with Gasteiger partial charge in [-0.1, -0.05) is 31.0 Å². The first-order valence-corrected chi connectivity index (χ1v) is 12.4. The van der Waals surface area contributed by atoms with Gasteiger partial charge in [0.05, 0.1) is 25.3 Å². The van der Waals surface area contributed by atoms with E-state index in [4.69, 9.17) is 15.9 Å². The Balaban J connectivity index is 1.68. The van der Waals surface area contributed by atoms with E-state index >= 15 is 0 Å². The normalized spacial score (nSPS) is 16.3. The number of thiophene rings is 1. The molecular weight excluding hydrogens is 436 g/mol. The van der Waals surface area contributed by atoms with Crippen LogP contribution in [-0.2, 0) is 16.0 Å². The Morgan fingerprint density at radius 2 is 2.21 bits per heavy atom. The van der Waals surface area contributed by atoms with Crippen LogP contribution in [0, 0.1) is 19.3 Å². The summed E-state index contributed by atoms with van der Waals surface area (Å²) in [7, 11) is 0. The Hall–Kier alpha value is -2.37. The van der Waals surface area contributed by atoms with Crippen molar-refractivity contribution in [3.05, 3.63) is 51.7 Å². The molecular formula is C26H34N2O4S. The maximum atomic E-state index is 13.4. The summed E-state index contributed by atoms with van der Waals surface area (Å²) < 4.78 is 11.4. The zero-order valence-corrected chi connectivity index (χ0v) is 20.4. The van der Waals surface area contributed by atoms with Gasteiger partial charge in [-0.2, -0.15) is 0 Å². The zero-order valence-electron chi connectivity index (χ0n) is 19.5. The standard InChI is InChI=1S/C26H34N2O4S/c1-4-12-27(16-21(29)18-31-14-5-2)17-26(30)28-13-10-25-22(11-15-33-25)23(28)19-32-24-9-7-6-8-20(24)3/h2,6-9,11,15,21,23,29H,4,10,12-14,16-19H2,1,3H3/t21-,23-/m0/s1. The minimum absolute atomic E-state index is 0.0513. The molecule has 0 fully saturated rings. The number of hydrogen-bond acceptors (Lipinski definition) is 6. The number of aliphatic hydroxyl groups is 1. The van der Waals surface area contributed by atoms with Gasteiger partial charge in [-0.3, -0.25) is 9.69 Å². The molecule has 0 bridgehead atoms. The molecule has 33 heavy (non-hydrogen) atoms. The van der Waals surface area contributed by atoms with E-state index in [9.17, 15) is 9.90 Å². The Morgan fingerprint density at radius 1 is 1.39 bits per heavy atom. The first kappa shape index (κ1) is 25.3. The molecule has 1 aromatic carbocycles. The molecule has 0 unspecified atom stereocenters. The average Bonchev–Trinajstić information content (AvgIpc) is 3.28. The fourth-order valence-corrected chi connectivity index (χ4v) is 5.13. The number of aliphatic hydroxyl groups excluding tert-OH is 1. The molecule has 7 heteroatoms. The number of para-hydroxylation sites is 1. The van der Waals surface area contributed by atoms with E-state index < -0.39 is 6.10 Å². The van der Waals surface area contributed by atoms with Crippen LogP contribution in [0.1, 0.15) is 35.4 Å². The lowest BCUT2D eigenvalue weighted by molar-refractivity contribution is -0.136. The first-order valence-electron chi connectivity index (χ1n) is 11.5. The Bertz CT molecular complexity index is 938. The van der Waals surface area contributed by atoms with Crippen molar-refractivity contribution in [1.29, 1.82) is 0 Å². The fourth-order valence-electron chi connectivity index (χ4n) is 4.20. The smallest absolute Gasteiger partial charge is 0.237 e. The number of fused-ring (bicyclic) bond motifs is 1. The van der Waals surface area contributed by atoms with Crippen LogP contribution < -0.4 is 4.74 Å². The maximum absolute atomic E-state index is 13.4. The number of aryl methyl sites for hydroxylation is 1. The molecule has 0 spiro atoms. The molecule has 178 valence electrons. The van der Waals surface area contributed by atoms with E-state index in [-0.39, 0.29) is 31.7 Å². The van der Waals surface area contributed by atoms with Crippen LogP contribution in [0.4, 0.5) is 0 Å². The Labute approximate surface area is 201 Å². The van der Waals surface area contributed by atoms with Crippen molar-refractivity contribution in [3.8, 4) is 18.1 Å². The SMILES string of the molecule is C#CCOC[C@@H](O)CN(CCC)CC(=O)N1CCc2sccc2[C@@H]1COc1ccccc1C. The lowest BCUT2D eigenvalue weighted by Crippen LogP contribution is -2.48. The van der Waals surface area contributed by atoms with Crippen LogP contribution in [-0.4, -0.2) is 72.9 Å². The fraction of sp³-hybridized carbons (Fsp3) is 0.500. The highest BCUT2D eigenvalue weighted by Crippen LogP contribution is 2.34. The number of terminal acetylenes is 1. The van der Waals surface area contributed by atoms with E-state index in [1.165, 1.54) is 10.4 Å². The van der Waals surface area contributed by atoms with Gasteiger partial charge >= 0.3 is 0 Å². The third-order valence-electron chi connectivity index (χ3n) is 5.77. The van der Waals surface area contributed by atoms with Gasteiger partial charge in [-0.15, -0.1) is 17.8 Å². The van der Waals surface area contributed by atoms with Crippen LogP contribution in [0.25, 0.3) is 0 Å². The number of nitrogens with zero attached hydrogens (tertiary/aromatic N) is 2. The summed E-state index contributed by atoms with van der Waals surface area (Å²) in [5, 5.41) is 12.4. The molecule has 0 radical (unpaired) electrons. The summed E-state index contributed by atoms with van der Waals surface area (Å²) in [6.45, 7) is 6.84. The van der Waals surface area contributed by atoms with Crippen molar-refractivity contribution >= 4 is 17.2 Å². The highest BCUT2D eigenvalue weighted by molar-refractivity contribution is 7.10. The lowest BCUT2D eigenvalue weighted by Gasteiger charge is -2.37. The molecule has 2 heterocycles. The highest BCUT2D eigenvalue weighted by atomic mass is 32.1. The van der Waals surface area contributed by atoms with E-state index in [0.29, 0.717) is 19.7 Å². The number of carbonyl (C=O) groups excluding carboxylic acids is 1. The number of benzene rings is 1. The van der Waals surface area contributed by atoms with Crippen LogP contribution in [0.15, 0.2) is 35.7 Å². The third-order valence-corrected chi connectivity index (χ3v) is 6.77. The molecule has 6 nitrogen and oxygen atoms in total. The van der Waals surface area contributed by atoms with Gasteiger partial charge < -0.3 is 19.5 Å². The summed E-state index contributed by atoms with van der Waals surface area (Å²) in [4.78, 5) is 18.7. The molecule has 1 aliphatic heterocycles. The molecule has 1 aliphatic rings. The van der Waals surface area contributed by atoms with Crippen molar-refractivity contribution in [2.24, 2.45) is 0 Å². The molecule has 0 saturated heterocycles. The van der Waals surface area contributed by atoms with Crippen LogP contribution >= 0.6 is 11.3 Å². The predicted octanol–water partition coefficient (Wildman–Crippen LogP) is 3.28. The molecule has 3 rings (SSSR count). The van der Waals surface area contributed by atoms with Gasteiger partial charge in [-0.25, -0.2) is 0 Å². The molecule has 1 amide bonds. The number of amides is 1. The third kappa shape index (κ3) is 7.05. The summed E-state index contributed by atoms with van der Waals surface area (Å²) in [5.41, 5.74) is 2.25. The lowest BCUT2D eigenvalue weighted by atomic mass is 10.00. The Kier molecular flexibility index (Phi) is 9.76. The van der Waals surface area contributed by atoms with Crippen molar-refractivity contribution in [3.63, 3.8) is 0 Å². The van der Waals surface area contributed by atoms with Crippen LogP contribution in [0.2, 0.25) is 0 Å². The number of carbonyl (C=O) groups is 1. The molecule has 2 aromatic rings. The van der Waals surface area contributed by atoms with Crippen LogP contribution in [0.3, 0.4) is 0 Å². The Morgan fingerprint density at radius 3 is 2.97 bits per heavy atom. The first-order chi connectivity index (χ1) is 16.0. The maximum Gasteiger partial charge on any atom is 0.237 e. The van der Waals surface area contributed by atoms with Gasteiger partial charge in [0, 0.05) is 18.0 Å². The number of ether oxygens (including phenoxy) is 2. The number of rotatable bonds is 12. The minimum atomic E-state index is -0.692. The van der Waals surface area contributed by atoms with E-state index in [1.54, 1.807) is 11.3 Å². The van der Waals surface area contributed by atoms with Crippen molar-refractivity contribution in [2.75, 3.05) is 46.0 Å². The second-order valence-corrected chi connectivity index (χ2v) is 9.34. The quantitative estimate of drug-likeness (QED) is 0.381. The summed E-state index contributed by atoms with van der Waals surface area (Å²) in [5.74, 6) is 3.29. The van der Waals surface area contributed by atoms with Gasteiger partial charge in [0.1, 0.15) is 19.0 Å². The van der Waals surface area contributed by atoms with Crippen LogP contribution in [0.5, 0.6) is 5.75 Å². The van der Waals surface area contributed by atoms with Gasteiger partial charge in [0.25, 0.3) is 0 Å². The van der Waals surface area contributed by atoms with Gasteiger partial charge in [-0.05, 0) is 54.9 Å².